The Balaban J connectivity index is 1.87. The van der Waals surface area contributed by atoms with Crippen LogP contribution in [0.4, 0.5) is 5.82 Å². The highest BCUT2D eigenvalue weighted by molar-refractivity contribution is 7.99. The number of amides is 1. The second kappa shape index (κ2) is 5.21. The van der Waals surface area contributed by atoms with Crippen molar-refractivity contribution in [3.63, 3.8) is 0 Å². The number of pyridine rings is 1. The Labute approximate surface area is 99.0 Å². The first-order valence-corrected chi connectivity index (χ1v) is 6.49. The Hall–Kier alpha value is -1.23. The van der Waals surface area contributed by atoms with Crippen LogP contribution in [0.15, 0.2) is 18.2 Å². The summed E-state index contributed by atoms with van der Waals surface area (Å²) in [4.78, 5) is 15.7. The predicted octanol–water partition coefficient (Wildman–Crippen LogP) is 1.15. The number of nitrogens with zero attached hydrogens (tertiary/aromatic N) is 1. The fourth-order valence-electron chi connectivity index (χ4n) is 1.65. The molecule has 1 aromatic rings. The second-order valence-electron chi connectivity index (χ2n) is 3.89. The van der Waals surface area contributed by atoms with Gasteiger partial charge in [0.05, 0.1) is 0 Å². The fourth-order valence-corrected chi connectivity index (χ4v) is 2.93. The lowest BCUT2D eigenvalue weighted by atomic mass is 10.1. The van der Waals surface area contributed by atoms with Crippen LogP contribution in [0.1, 0.15) is 16.9 Å². The van der Waals surface area contributed by atoms with Crippen molar-refractivity contribution < 1.29 is 4.79 Å². The molecule has 2 heterocycles. The van der Waals surface area contributed by atoms with Crippen molar-refractivity contribution in [3.8, 4) is 0 Å². The number of nitrogen functional groups attached to an aromatic ring is 1. The number of carbonyl (C=O) groups is 1. The minimum atomic E-state index is -0.135. The van der Waals surface area contributed by atoms with E-state index in [0.717, 1.165) is 12.3 Å². The topological polar surface area (TPSA) is 68.0 Å². The molecule has 1 saturated heterocycles. The number of thioether (sulfide) groups is 1. The molecule has 0 bridgehead atoms. The predicted molar refractivity (Wildman–Crippen MR) is 66.4 cm³/mol. The van der Waals surface area contributed by atoms with Gasteiger partial charge in [-0.1, -0.05) is 6.07 Å². The number of nitrogens with one attached hydrogen (secondary N) is 1. The van der Waals surface area contributed by atoms with Gasteiger partial charge in [0.2, 0.25) is 0 Å². The molecule has 86 valence electrons. The van der Waals surface area contributed by atoms with Crippen LogP contribution in [0, 0.1) is 5.92 Å². The number of rotatable bonds is 3. The van der Waals surface area contributed by atoms with E-state index < -0.39 is 0 Å². The maximum Gasteiger partial charge on any atom is 0.269 e. The van der Waals surface area contributed by atoms with Gasteiger partial charge in [-0.25, -0.2) is 4.98 Å². The lowest BCUT2D eigenvalue weighted by molar-refractivity contribution is 0.0943. The molecule has 0 aromatic carbocycles. The van der Waals surface area contributed by atoms with Crippen LogP contribution < -0.4 is 11.1 Å². The number of aromatic nitrogens is 1. The summed E-state index contributed by atoms with van der Waals surface area (Å²) in [7, 11) is 0. The normalized spacial score (nSPS) is 19.6. The zero-order chi connectivity index (χ0) is 11.4. The summed E-state index contributed by atoms with van der Waals surface area (Å²) in [6, 6.07) is 5.09. The van der Waals surface area contributed by atoms with Gasteiger partial charge in [-0.3, -0.25) is 4.79 Å². The monoisotopic (exact) mass is 237 g/mol. The molecule has 4 nitrogen and oxygen atoms in total. The molecule has 0 radical (unpaired) electrons. The molecule has 0 saturated carbocycles. The number of hydrogen-bond donors (Lipinski definition) is 2. The molecule has 1 atom stereocenters. The van der Waals surface area contributed by atoms with Crippen LogP contribution in [0.2, 0.25) is 0 Å². The Bertz CT molecular complexity index is 377. The molecule has 1 aliphatic rings. The Morgan fingerprint density at radius 2 is 2.50 bits per heavy atom. The van der Waals surface area contributed by atoms with Crippen molar-refractivity contribution in [3.05, 3.63) is 23.9 Å². The smallest absolute Gasteiger partial charge is 0.269 e. The Kier molecular flexibility index (Phi) is 3.66. The van der Waals surface area contributed by atoms with Gasteiger partial charge < -0.3 is 11.1 Å². The second-order valence-corrected chi connectivity index (χ2v) is 5.04. The molecule has 2 rings (SSSR count). The zero-order valence-electron chi connectivity index (χ0n) is 8.98. The summed E-state index contributed by atoms with van der Waals surface area (Å²) in [5.74, 6) is 3.20. The van der Waals surface area contributed by atoms with Gasteiger partial charge in [-0.05, 0) is 36.0 Å². The third-order valence-electron chi connectivity index (χ3n) is 2.58. The van der Waals surface area contributed by atoms with Crippen LogP contribution in [0.3, 0.4) is 0 Å². The third kappa shape index (κ3) is 2.88. The third-order valence-corrected chi connectivity index (χ3v) is 3.81. The molecule has 1 aromatic heterocycles. The SMILES string of the molecule is Nc1cccc(C(=O)NCC2CCSC2)n1. The van der Waals surface area contributed by atoms with Crippen molar-refractivity contribution in [2.45, 2.75) is 6.42 Å². The molecule has 1 amide bonds. The summed E-state index contributed by atoms with van der Waals surface area (Å²) in [6.45, 7) is 0.738. The first-order valence-electron chi connectivity index (χ1n) is 5.34. The summed E-state index contributed by atoms with van der Waals surface area (Å²) in [5, 5.41) is 2.90. The summed E-state index contributed by atoms with van der Waals surface area (Å²) >= 11 is 1.95. The van der Waals surface area contributed by atoms with Crippen molar-refractivity contribution in [2.75, 3.05) is 23.8 Å². The van der Waals surface area contributed by atoms with E-state index >= 15 is 0 Å². The van der Waals surface area contributed by atoms with E-state index in [1.165, 1.54) is 12.2 Å². The maximum atomic E-state index is 11.7. The van der Waals surface area contributed by atoms with E-state index in [2.05, 4.69) is 10.3 Å². The Morgan fingerprint density at radius 3 is 3.19 bits per heavy atom. The van der Waals surface area contributed by atoms with Crippen LogP contribution in [0.5, 0.6) is 0 Å². The number of carbonyl (C=O) groups excluding carboxylic acids is 1. The minimum Gasteiger partial charge on any atom is -0.384 e. The highest BCUT2D eigenvalue weighted by atomic mass is 32.2. The molecule has 1 unspecified atom stereocenters. The molecular weight excluding hydrogens is 222 g/mol. The number of hydrogen-bond acceptors (Lipinski definition) is 4. The average molecular weight is 237 g/mol. The largest absolute Gasteiger partial charge is 0.384 e. The van der Waals surface area contributed by atoms with Gasteiger partial charge in [-0.2, -0.15) is 11.8 Å². The van der Waals surface area contributed by atoms with Crippen molar-refractivity contribution in [2.24, 2.45) is 5.92 Å². The van der Waals surface area contributed by atoms with Crippen LogP contribution >= 0.6 is 11.8 Å². The van der Waals surface area contributed by atoms with Crippen molar-refractivity contribution in [1.82, 2.24) is 10.3 Å². The molecule has 5 heteroatoms. The lowest BCUT2D eigenvalue weighted by Gasteiger charge is -2.09. The fraction of sp³-hybridized carbons (Fsp3) is 0.455. The quantitative estimate of drug-likeness (QED) is 0.827. The van der Waals surface area contributed by atoms with E-state index in [-0.39, 0.29) is 5.91 Å². The summed E-state index contributed by atoms with van der Waals surface area (Å²) in [6.07, 6.45) is 1.19. The summed E-state index contributed by atoms with van der Waals surface area (Å²) < 4.78 is 0. The van der Waals surface area contributed by atoms with Gasteiger partial charge in [0.1, 0.15) is 11.5 Å². The molecular formula is C11H15N3OS. The van der Waals surface area contributed by atoms with Crippen LogP contribution in [0.25, 0.3) is 0 Å². The minimum absolute atomic E-state index is 0.135. The van der Waals surface area contributed by atoms with Crippen molar-refractivity contribution in [1.29, 1.82) is 0 Å². The molecule has 3 N–H and O–H groups in total. The zero-order valence-corrected chi connectivity index (χ0v) is 9.80. The van der Waals surface area contributed by atoms with Crippen LogP contribution in [-0.2, 0) is 0 Å². The first-order chi connectivity index (χ1) is 7.75. The van der Waals surface area contributed by atoms with Gasteiger partial charge in [0.25, 0.3) is 5.91 Å². The molecule has 16 heavy (non-hydrogen) atoms. The standard InChI is InChI=1S/C11H15N3OS/c12-10-3-1-2-9(14-10)11(15)13-6-8-4-5-16-7-8/h1-3,8H,4-7H2,(H2,12,14)(H,13,15). The highest BCUT2D eigenvalue weighted by Gasteiger charge is 2.16. The molecule has 1 fully saturated rings. The summed E-state index contributed by atoms with van der Waals surface area (Å²) in [5.41, 5.74) is 5.91. The van der Waals surface area contributed by atoms with Gasteiger partial charge in [-0.15, -0.1) is 0 Å². The number of nitrogens with two attached hydrogens (primary N) is 1. The maximum absolute atomic E-state index is 11.7. The average Bonchev–Trinajstić information content (AvgIpc) is 2.78. The van der Waals surface area contributed by atoms with E-state index in [0.29, 0.717) is 17.4 Å². The van der Waals surface area contributed by atoms with E-state index in [1.54, 1.807) is 18.2 Å². The van der Waals surface area contributed by atoms with Gasteiger partial charge in [0.15, 0.2) is 0 Å². The van der Waals surface area contributed by atoms with Crippen molar-refractivity contribution >= 4 is 23.5 Å². The molecule has 0 aliphatic carbocycles. The van der Waals surface area contributed by atoms with Gasteiger partial charge >= 0.3 is 0 Å². The van der Waals surface area contributed by atoms with Gasteiger partial charge in [0, 0.05) is 6.54 Å². The highest BCUT2D eigenvalue weighted by Crippen LogP contribution is 2.22. The van der Waals surface area contributed by atoms with E-state index in [1.807, 2.05) is 11.8 Å². The van der Waals surface area contributed by atoms with Crippen LogP contribution in [-0.4, -0.2) is 28.9 Å². The Morgan fingerprint density at radius 1 is 1.62 bits per heavy atom. The molecule has 0 spiro atoms. The first kappa shape index (κ1) is 11.3. The lowest BCUT2D eigenvalue weighted by Crippen LogP contribution is -2.30. The molecule has 1 aliphatic heterocycles. The van der Waals surface area contributed by atoms with E-state index in [9.17, 15) is 4.79 Å². The van der Waals surface area contributed by atoms with E-state index in [4.69, 9.17) is 5.73 Å². The number of anilines is 1.